The molecule has 674 valence electrons. The summed E-state index contributed by atoms with van der Waals surface area (Å²) < 4.78 is 32.8. The molecule has 136 heavy (non-hydrogen) atoms. The topological polar surface area (TPSA) is 232 Å². The van der Waals surface area contributed by atoms with Gasteiger partial charge in [-0.3, -0.25) is 26.7 Å². The first kappa shape index (κ1) is 92.1. The third-order valence-corrected chi connectivity index (χ3v) is 28.3. The van der Waals surface area contributed by atoms with Crippen LogP contribution in [0.4, 0.5) is 22.7 Å². The fourth-order valence-corrected chi connectivity index (χ4v) is 20.4. The molecule has 4 aliphatic heterocycles. The van der Waals surface area contributed by atoms with E-state index in [0.29, 0.717) is 10.6 Å². The molecule has 0 amide bonds. The predicted molar refractivity (Wildman–Crippen MR) is 598 cm³/mol. The van der Waals surface area contributed by atoms with Gasteiger partial charge in [-0.05, 0) is 357 Å². The Morgan fingerprint density at radius 2 is 0.809 bits per heavy atom. The maximum Gasteiger partial charge on any atom is 0.488 e. The number of H-pyrrole nitrogens is 2. The Kier molecular flexibility index (Phi) is 28.3. The largest absolute Gasteiger partial charge is 0.488 e. The number of hydrogen-bond acceptors (Lipinski definition) is 12. The van der Waals surface area contributed by atoms with Gasteiger partial charge in [0.05, 0.1) is 105 Å². The maximum absolute atomic E-state index is 8.58. The molecule has 0 aliphatic carbocycles. The summed E-state index contributed by atoms with van der Waals surface area (Å²) in [5.41, 5.74) is 35.3. The van der Waals surface area contributed by atoms with Gasteiger partial charge in [0.25, 0.3) is 0 Å². The highest BCUT2D eigenvalue weighted by Crippen LogP contribution is 2.40. The molecule has 2 atom stereocenters. The van der Waals surface area contributed by atoms with E-state index in [1.54, 1.807) is 24.3 Å². The van der Waals surface area contributed by atoms with Crippen molar-refractivity contribution >= 4 is 292 Å². The molecule has 0 radical (unpaired) electrons. The van der Waals surface area contributed by atoms with Gasteiger partial charge in [-0.25, -0.2) is 29.9 Å². The average Bonchev–Trinajstić information content (AvgIpc) is 1.57. The molecule has 2 fully saturated rings. The number of anilines is 2. The Balaban J connectivity index is 0.000000100. The molecular weight excluding hydrogens is 2300 g/mol. The van der Waals surface area contributed by atoms with Gasteiger partial charge in [-0.2, -0.15) is 0 Å². The zero-order valence-electron chi connectivity index (χ0n) is 73.0. The monoisotopic (exact) mass is 2380 g/mol. The number of nitrogen functional groups attached to an aromatic ring is 1. The Hall–Kier alpha value is -11.6. The van der Waals surface area contributed by atoms with E-state index in [9.17, 15) is 0 Å². The van der Waals surface area contributed by atoms with Crippen molar-refractivity contribution in [2.24, 2.45) is 9.98 Å². The van der Waals surface area contributed by atoms with Crippen LogP contribution in [-0.4, -0.2) is 98.0 Å². The molecule has 15 aromatic carbocycles. The highest BCUT2D eigenvalue weighted by atomic mass is 127. The van der Waals surface area contributed by atoms with Crippen LogP contribution in [0.5, 0.6) is 0 Å². The van der Waals surface area contributed by atoms with Crippen LogP contribution in [0.1, 0.15) is 62.1 Å². The van der Waals surface area contributed by atoms with Gasteiger partial charge in [-0.15, -0.1) is 0 Å². The number of para-hydroxylation sites is 8. The van der Waals surface area contributed by atoms with Crippen molar-refractivity contribution in [3.8, 4) is 22.3 Å². The van der Waals surface area contributed by atoms with E-state index in [2.05, 4.69) is 384 Å². The summed E-state index contributed by atoms with van der Waals surface area (Å²) in [4.78, 5) is 34.6. The molecule has 27 rings (SSSR count). The van der Waals surface area contributed by atoms with Crippen LogP contribution in [0, 0.1) is 14.3 Å². The van der Waals surface area contributed by atoms with Gasteiger partial charge in [-0.1, -0.05) is 200 Å². The van der Waals surface area contributed by atoms with Crippen molar-refractivity contribution in [1.82, 2.24) is 56.6 Å². The SMILES string of the molecule is Brc1ccccc1NC1=Nc2ccccc2C1.ClC1=Nc2ccccc2C1.Ic1ccc2nc3[nH]c4ccc(I)cc4n3c2c1.Ic1ccc2nc3n(C4CCCCO4)c4ccc(I)cc4n3c2c1.Nc1ccccc1Br.OB(O)c1ccccc1.c1ccc(-c2ccc3nc4n(C5CCCCO5)c5ccc(-c6ccccc6)cc5n4c3c2)cc1.c1ccc2c(c1)nc1[nH]c3ccccc3n12. The first-order chi connectivity index (χ1) is 66.5. The lowest BCUT2D eigenvalue weighted by Crippen LogP contribution is -2.29. The van der Waals surface area contributed by atoms with Gasteiger partial charge in [0, 0.05) is 55.0 Å². The van der Waals surface area contributed by atoms with Crippen molar-refractivity contribution in [1.29, 1.82) is 0 Å². The summed E-state index contributed by atoms with van der Waals surface area (Å²) in [5.74, 6) is 4.74. The van der Waals surface area contributed by atoms with Crippen LogP contribution >= 0.6 is 134 Å². The second-order valence-electron chi connectivity index (χ2n) is 32.9. The van der Waals surface area contributed by atoms with E-state index in [0.717, 1.165) is 162 Å². The Morgan fingerprint density at radius 3 is 1.38 bits per heavy atom. The summed E-state index contributed by atoms with van der Waals surface area (Å²) >= 11 is 21.9. The number of benzene rings is 15. The molecule has 12 heterocycles. The Labute approximate surface area is 859 Å². The van der Waals surface area contributed by atoms with E-state index < -0.39 is 7.12 Å². The standard InChI is InChI=1S/C30H25N3O.C18H15I2N3O.C14H11BrN2.C13H7I2N3.C13H9N3.C8H6ClN.C6H7BO2.C6H6BrN/c1-3-9-21(10-4-1)23-14-16-25-27(19-23)32-28-20-24(22-11-5-2-6-12-22)15-17-26(28)33(30(32)31-25)29-13-7-8-18-34-29;19-11-4-6-13-15(9-11)22-16-10-12(20)5-7-14(16)23(18(22)21-13)17-3-1-2-8-24-17;15-11-6-2-4-8-13(11)17-14-9-10-5-1-3-7-12(10)16-14;14-7-1-3-9-11(5-7)18-12-6-8(15)2-4-10(12)17-13(18)16-9;1-3-7-11-9(5-1)14-13-15-10-6-2-4-8-12(10)16(11)13;9-8-5-6-3-1-2-4-7(6)10-8;8-7(9)6-4-2-1-3-5-6;7-5-3-1-2-4-6(5)8/h1-6,9-12,14-17,19-20,29H,7-8,13,18H2;4-7,9-10,17H,1-3,8H2;1-8H,9H2,(H,16,17);1-6H,(H,16,17);1-8H,(H,14,15);1-4H,5H2;1-5,8-9H;1-4H,8H2. The van der Waals surface area contributed by atoms with Gasteiger partial charge in [0.15, 0.2) is 0 Å². The molecule has 23 aromatic rings. The number of amidine groups is 1. The minimum absolute atomic E-state index is 0.0155. The molecule has 2 saturated heterocycles. The van der Waals surface area contributed by atoms with Crippen molar-refractivity contribution in [2.75, 3.05) is 24.3 Å². The zero-order chi connectivity index (χ0) is 92.9. The lowest BCUT2D eigenvalue weighted by atomic mass is 9.81. The van der Waals surface area contributed by atoms with Crippen LogP contribution < -0.4 is 16.5 Å². The number of ether oxygens (including phenoxy) is 2. The number of aliphatic imine (C=N–C) groups is 2. The maximum atomic E-state index is 8.58. The fraction of sp³-hybridized carbons (Fsp3) is 0.111. The van der Waals surface area contributed by atoms with E-state index in [-0.39, 0.29) is 12.5 Å². The lowest BCUT2D eigenvalue weighted by Gasteiger charge is -2.24. The average molecular weight is 2390 g/mol. The number of aromatic nitrogens is 12. The molecule has 28 heteroatoms. The quantitative estimate of drug-likeness (QED) is 0.0524. The van der Waals surface area contributed by atoms with Crippen LogP contribution in [0.2, 0.25) is 0 Å². The molecule has 0 bridgehead atoms. The van der Waals surface area contributed by atoms with Gasteiger partial charge >= 0.3 is 7.12 Å². The van der Waals surface area contributed by atoms with E-state index >= 15 is 0 Å². The van der Waals surface area contributed by atoms with Crippen LogP contribution in [-0.2, 0) is 22.3 Å². The number of rotatable bonds is 6. The van der Waals surface area contributed by atoms with Gasteiger partial charge in [0.2, 0.25) is 23.1 Å². The van der Waals surface area contributed by atoms with Crippen LogP contribution in [0.15, 0.2) is 365 Å². The highest BCUT2D eigenvalue weighted by Gasteiger charge is 2.28. The predicted octanol–water partition coefficient (Wildman–Crippen LogP) is 28.0. The molecule has 7 N–H and O–H groups in total. The second-order valence-corrected chi connectivity index (χ2v) is 40.1. The van der Waals surface area contributed by atoms with Crippen molar-refractivity contribution in [3.63, 3.8) is 0 Å². The van der Waals surface area contributed by atoms with Crippen molar-refractivity contribution in [2.45, 2.75) is 63.8 Å². The third-order valence-electron chi connectivity index (χ3n) is 24.0. The number of imidazole rings is 8. The van der Waals surface area contributed by atoms with Gasteiger partial charge < -0.3 is 40.5 Å². The first-order valence-electron chi connectivity index (χ1n) is 44.6. The van der Waals surface area contributed by atoms with Crippen LogP contribution in [0.25, 0.3) is 134 Å². The molecule has 0 saturated carbocycles. The van der Waals surface area contributed by atoms with Crippen LogP contribution in [0.3, 0.4) is 0 Å². The fourth-order valence-electron chi connectivity index (χ4n) is 17.6. The lowest BCUT2D eigenvalue weighted by molar-refractivity contribution is -0.0274. The minimum atomic E-state index is -1.34. The number of nitrogens with two attached hydrogens (primary N) is 1. The smallest absolute Gasteiger partial charge is 0.423 e. The number of nitrogens with one attached hydrogen (secondary N) is 3. The molecule has 4 aliphatic rings. The summed E-state index contributed by atoms with van der Waals surface area (Å²) in [5, 5.41) is 21.2. The molecule has 20 nitrogen and oxygen atoms in total. The molecule has 0 spiro atoms. The van der Waals surface area contributed by atoms with E-state index in [1.807, 2.05) is 121 Å². The first-order valence-corrected chi connectivity index (χ1v) is 50.9. The van der Waals surface area contributed by atoms with Crippen molar-refractivity contribution < 1.29 is 19.5 Å². The third kappa shape index (κ3) is 20.0. The summed E-state index contributed by atoms with van der Waals surface area (Å²) in [6, 6.07) is 117. The summed E-state index contributed by atoms with van der Waals surface area (Å²) in [6.07, 6.45) is 8.49. The second kappa shape index (κ2) is 41.8. The van der Waals surface area contributed by atoms with E-state index in [1.165, 1.54) is 99.1 Å². The van der Waals surface area contributed by atoms with Crippen molar-refractivity contribution in [3.05, 3.63) is 380 Å². The molecule has 8 aromatic heterocycles. The van der Waals surface area contributed by atoms with Gasteiger partial charge in [0.1, 0.15) is 23.5 Å². The Morgan fingerprint density at radius 1 is 0.375 bits per heavy atom. The number of fused-ring (bicyclic) bond motifs is 22. The summed E-state index contributed by atoms with van der Waals surface area (Å²) in [6.45, 7) is 1.63. The van der Waals surface area contributed by atoms with E-state index in [4.69, 9.17) is 46.8 Å². The zero-order valence-corrected chi connectivity index (χ0v) is 85.6. The molecular formula is C108H86BBr2ClI4N16O4. The highest BCUT2D eigenvalue weighted by molar-refractivity contribution is 14.1. The number of hydrogen-bond donors (Lipinski definition) is 6. The Bertz CT molecular complexity index is 8220. The number of aromatic amines is 2. The summed E-state index contributed by atoms with van der Waals surface area (Å²) in [7, 11) is -1.34. The molecule has 2 unspecified atom stereocenters. The number of nitrogens with zero attached hydrogens (tertiary/aromatic N) is 12. The number of halogens is 7. The minimum Gasteiger partial charge on any atom is -0.423 e. The normalized spacial score (nSPS) is 14.3.